The lowest BCUT2D eigenvalue weighted by Crippen LogP contribution is -2.24. The SMILES string of the molecule is Cc1nc(-c2c(-c3ccccc3)n[nH]c2C)n(C(C)(C)C)n1.O=CO. The molecule has 0 unspecified atom stereocenters. The van der Waals surface area contributed by atoms with E-state index in [2.05, 4.69) is 53.2 Å². The fourth-order valence-electron chi connectivity index (χ4n) is 2.55. The first kappa shape index (κ1) is 18.4. The number of benzene rings is 1. The van der Waals surface area contributed by atoms with Crippen molar-refractivity contribution in [2.45, 2.75) is 40.2 Å². The second kappa shape index (κ2) is 7.29. The molecule has 3 rings (SSSR count). The van der Waals surface area contributed by atoms with Gasteiger partial charge in [-0.05, 0) is 34.6 Å². The Hall–Kier alpha value is -2.96. The van der Waals surface area contributed by atoms with E-state index in [9.17, 15) is 0 Å². The predicted octanol–water partition coefficient (Wildman–Crippen LogP) is 3.41. The van der Waals surface area contributed by atoms with Gasteiger partial charge in [0.2, 0.25) is 0 Å². The van der Waals surface area contributed by atoms with Crippen molar-refractivity contribution in [1.82, 2.24) is 25.0 Å². The summed E-state index contributed by atoms with van der Waals surface area (Å²) in [7, 11) is 0. The summed E-state index contributed by atoms with van der Waals surface area (Å²) >= 11 is 0. The lowest BCUT2D eigenvalue weighted by Gasteiger charge is -2.21. The van der Waals surface area contributed by atoms with Crippen LogP contribution in [0.5, 0.6) is 0 Å². The highest BCUT2D eigenvalue weighted by Gasteiger charge is 2.25. The van der Waals surface area contributed by atoms with Crippen LogP contribution in [0.3, 0.4) is 0 Å². The lowest BCUT2D eigenvalue weighted by atomic mass is 10.0. The third kappa shape index (κ3) is 3.93. The Morgan fingerprint density at radius 3 is 2.32 bits per heavy atom. The van der Waals surface area contributed by atoms with Crippen molar-refractivity contribution in [2.75, 3.05) is 0 Å². The first-order chi connectivity index (χ1) is 11.8. The Morgan fingerprint density at radius 1 is 1.16 bits per heavy atom. The van der Waals surface area contributed by atoms with E-state index in [1.165, 1.54) is 0 Å². The van der Waals surface area contributed by atoms with Gasteiger partial charge in [-0.3, -0.25) is 9.89 Å². The van der Waals surface area contributed by atoms with Gasteiger partial charge in [-0.25, -0.2) is 9.67 Å². The van der Waals surface area contributed by atoms with Gasteiger partial charge in [-0.2, -0.15) is 10.2 Å². The Kier molecular flexibility index (Phi) is 5.36. The summed E-state index contributed by atoms with van der Waals surface area (Å²) in [5.41, 5.74) is 3.85. The average molecular weight is 341 g/mol. The van der Waals surface area contributed by atoms with Crippen LogP contribution in [0.25, 0.3) is 22.6 Å². The third-order valence-electron chi connectivity index (χ3n) is 3.57. The maximum absolute atomic E-state index is 8.36. The number of aromatic amines is 1. The number of aryl methyl sites for hydroxylation is 2. The summed E-state index contributed by atoms with van der Waals surface area (Å²) < 4.78 is 1.98. The molecular weight excluding hydrogens is 318 g/mol. The molecule has 0 aliphatic rings. The molecule has 25 heavy (non-hydrogen) atoms. The number of carboxylic acid groups (broad SMARTS) is 1. The maximum atomic E-state index is 8.36. The second-order valence-electron chi connectivity index (χ2n) is 6.61. The minimum atomic E-state index is -0.250. The van der Waals surface area contributed by atoms with Crippen LogP contribution in [-0.4, -0.2) is 36.5 Å². The number of nitrogens with one attached hydrogen (secondary N) is 1. The zero-order chi connectivity index (χ0) is 18.6. The van der Waals surface area contributed by atoms with Gasteiger partial charge >= 0.3 is 0 Å². The second-order valence-corrected chi connectivity index (χ2v) is 6.61. The number of hydrogen-bond acceptors (Lipinski definition) is 4. The van der Waals surface area contributed by atoms with Crippen molar-refractivity contribution >= 4 is 6.47 Å². The van der Waals surface area contributed by atoms with Gasteiger partial charge in [0.15, 0.2) is 5.82 Å². The molecule has 0 radical (unpaired) electrons. The first-order valence-electron chi connectivity index (χ1n) is 7.92. The Morgan fingerprint density at radius 2 is 1.76 bits per heavy atom. The van der Waals surface area contributed by atoms with E-state index in [0.29, 0.717) is 0 Å². The summed E-state index contributed by atoms with van der Waals surface area (Å²) in [6.07, 6.45) is 0. The number of carbonyl (C=O) groups is 1. The summed E-state index contributed by atoms with van der Waals surface area (Å²) in [4.78, 5) is 13.0. The molecule has 2 N–H and O–H groups in total. The fraction of sp³-hybridized carbons (Fsp3) is 0.333. The monoisotopic (exact) mass is 341 g/mol. The van der Waals surface area contributed by atoms with Gasteiger partial charge in [-0.1, -0.05) is 30.3 Å². The largest absolute Gasteiger partial charge is 0.483 e. The van der Waals surface area contributed by atoms with Crippen molar-refractivity contribution in [3.8, 4) is 22.6 Å². The molecule has 2 aromatic heterocycles. The highest BCUT2D eigenvalue weighted by molar-refractivity contribution is 5.79. The Bertz CT molecular complexity index is 844. The summed E-state index contributed by atoms with van der Waals surface area (Å²) in [6, 6.07) is 10.2. The molecule has 3 aromatic rings. The molecule has 7 nitrogen and oxygen atoms in total. The first-order valence-corrected chi connectivity index (χ1v) is 7.92. The maximum Gasteiger partial charge on any atom is 0.290 e. The van der Waals surface area contributed by atoms with Crippen LogP contribution < -0.4 is 0 Å². The molecule has 0 atom stereocenters. The standard InChI is InChI=1S/C17H21N5.CH2O2/c1-11-14(15(20-19-11)13-9-7-6-8-10-13)16-18-12(2)21-22(16)17(3,4)5;2-1-3/h6-10H,1-5H3,(H,19,20);1H,(H,2,3). The average Bonchev–Trinajstić information content (AvgIpc) is 3.11. The van der Waals surface area contributed by atoms with E-state index in [4.69, 9.17) is 9.90 Å². The molecule has 1 aromatic carbocycles. The van der Waals surface area contributed by atoms with E-state index in [-0.39, 0.29) is 12.0 Å². The van der Waals surface area contributed by atoms with Gasteiger partial charge in [-0.15, -0.1) is 0 Å². The Labute approximate surface area is 146 Å². The molecule has 0 aliphatic heterocycles. The molecular formula is C18H23N5O2. The van der Waals surface area contributed by atoms with Crippen molar-refractivity contribution in [1.29, 1.82) is 0 Å². The number of nitrogens with zero attached hydrogens (tertiary/aromatic N) is 4. The molecule has 0 aliphatic carbocycles. The van der Waals surface area contributed by atoms with Gasteiger partial charge in [0.1, 0.15) is 11.5 Å². The summed E-state index contributed by atoms with van der Waals surface area (Å²) in [5.74, 6) is 1.62. The van der Waals surface area contributed by atoms with Gasteiger partial charge in [0.05, 0.1) is 11.1 Å². The number of aromatic nitrogens is 5. The van der Waals surface area contributed by atoms with E-state index < -0.39 is 0 Å². The number of H-pyrrole nitrogens is 1. The quantitative estimate of drug-likeness (QED) is 0.696. The number of hydrogen-bond donors (Lipinski definition) is 2. The van der Waals surface area contributed by atoms with Crippen LogP contribution >= 0.6 is 0 Å². The minimum absolute atomic E-state index is 0.145. The predicted molar refractivity (Wildman–Crippen MR) is 96.2 cm³/mol. The lowest BCUT2D eigenvalue weighted by molar-refractivity contribution is -0.122. The summed E-state index contributed by atoms with van der Waals surface area (Å²) in [5, 5.41) is 19.0. The highest BCUT2D eigenvalue weighted by Crippen LogP contribution is 2.33. The molecule has 7 heteroatoms. The number of rotatable bonds is 2. The van der Waals surface area contributed by atoms with Gasteiger partial charge < -0.3 is 5.11 Å². The zero-order valence-electron chi connectivity index (χ0n) is 15.1. The van der Waals surface area contributed by atoms with Gasteiger partial charge in [0.25, 0.3) is 6.47 Å². The topological polar surface area (TPSA) is 96.7 Å². The van der Waals surface area contributed by atoms with Crippen molar-refractivity contribution < 1.29 is 9.90 Å². The van der Waals surface area contributed by atoms with Gasteiger partial charge in [0, 0.05) is 11.3 Å². The molecule has 0 fully saturated rings. The van der Waals surface area contributed by atoms with E-state index >= 15 is 0 Å². The van der Waals surface area contributed by atoms with E-state index in [0.717, 1.165) is 34.2 Å². The highest BCUT2D eigenvalue weighted by atomic mass is 16.3. The van der Waals surface area contributed by atoms with Crippen LogP contribution in [0.4, 0.5) is 0 Å². The molecule has 2 heterocycles. The molecule has 0 saturated carbocycles. The van der Waals surface area contributed by atoms with Crippen molar-refractivity contribution in [3.63, 3.8) is 0 Å². The van der Waals surface area contributed by atoms with Crippen LogP contribution in [-0.2, 0) is 10.3 Å². The molecule has 0 spiro atoms. The third-order valence-corrected chi connectivity index (χ3v) is 3.57. The van der Waals surface area contributed by atoms with Crippen LogP contribution in [0.1, 0.15) is 32.3 Å². The zero-order valence-corrected chi connectivity index (χ0v) is 15.1. The Balaban J connectivity index is 0.000000701. The smallest absolute Gasteiger partial charge is 0.290 e. The normalized spacial score (nSPS) is 10.9. The molecule has 0 amide bonds. The molecule has 0 bridgehead atoms. The van der Waals surface area contributed by atoms with Crippen molar-refractivity contribution in [2.24, 2.45) is 0 Å². The van der Waals surface area contributed by atoms with E-state index in [1.807, 2.05) is 36.7 Å². The van der Waals surface area contributed by atoms with Crippen LogP contribution in [0, 0.1) is 13.8 Å². The summed E-state index contributed by atoms with van der Waals surface area (Å²) in [6.45, 7) is 10.1. The molecule has 132 valence electrons. The van der Waals surface area contributed by atoms with Crippen LogP contribution in [0.15, 0.2) is 30.3 Å². The van der Waals surface area contributed by atoms with E-state index in [1.54, 1.807) is 0 Å². The fourth-order valence-corrected chi connectivity index (χ4v) is 2.55. The van der Waals surface area contributed by atoms with Crippen molar-refractivity contribution in [3.05, 3.63) is 41.9 Å². The molecule has 0 saturated heterocycles. The van der Waals surface area contributed by atoms with Crippen LogP contribution in [0.2, 0.25) is 0 Å². The minimum Gasteiger partial charge on any atom is -0.483 e.